The van der Waals surface area contributed by atoms with E-state index in [9.17, 15) is 4.79 Å². The molecule has 0 heterocycles. The van der Waals surface area contributed by atoms with Crippen LogP contribution in [0.1, 0.15) is 86.0 Å². The second-order valence-corrected chi connectivity index (χ2v) is 6.81. The fourth-order valence-electron chi connectivity index (χ4n) is 2.31. The van der Waals surface area contributed by atoms with E-state index in [1.165, 1.54) is 44.1 Å². The first-order valence-corrected chi connectivity index (χ1v) is 8.03. The van der Waals surface area contributed by atoms with Crippen molar-refractivity contribution in [3.63, 3.8) is 0 Å². The Labute approximate surface area is 120 Å². The van der Waals surface area contributed by atoms with Gasteiger partial charge < -0.3 is 0 Å². The molecule has 0 aliphatic heterocycles. The van der Waals surface area contributed by atoms with Crippen molar-refractivity contribution in [1.29, 1.82) is 0 Å². The van der Waals surface area contributed by atoms with Gasteiger partial charge in [0.25, 0.3) is 0 Å². The number of rotatable bonds is 10. The third-order valence-electron chi connectivity index (χ3n) is 3.90. The molecule has 0 atom stereocenters. The topological polar surface area (TPSA) is 17.1 Å². The molecule has 1 heteroatoms. The van der Waals surface area contributed by atoms with Crippen LogP contribution in [0.5, 0.6) is 0 Å². The number of unbranched alkanes of at least 4 members (excludes halogenated alkanes) is 2. The lowest BCUT2D eigenvalue weighted by Crippen LogP contribution is -2.20. The molecule has 0 aliphatic carbocycles. The summed E-state index contributed by atoms with van der Waals surface area (Å²) in [5.41, 5.74) is 1.10. The van der Waals surface area contributed by atoms with Crippen LogP contribution in [-0.4, -0.2) is 5.78 Å². The Bertz CT molecular complexity index is 262. The molecule has 1 nitrogen and oxygen atoms in total. The van der Waals surface area contributed by atoms with Crippen LogP contribution in [0.3, 0.4) is 0 Å². The molecule has 0 unspecified atom stereocenters. The molecule has 0 aromatic heterocycles. The van der Waals surface area contributed by atoms with Crippen molar-refractivity contribution in [2.75, 3.05) is 0 Å². The fraction of sp³-hybridized carbons (Fsp3) is 0.833. The molecule has 0 bridgehead atoms. The van der Waals surface area contributed by atoms with E-state index in [1.54, 1.807) is 0 Å². The van der Waals surface area contributed by atoms with Crippen molar-refractivity contribution in [1.82, 2.24) is 0 Å². The molecule has 0 rings (SSSR count). The largest absolute Gasteiger partial charge is 0.299 e. The molecule has 19 heavy (non-hydrogen) atoms. The van der Waals surface area contributed by atoms with Gasteiger partial charge in [-0.25, -0.2) is 0 Å². The number of hydrogen-bond acceptors (Lipinski definition) is 1. The Morgan fingerprint density at radius 2 is 1.47 bits per heavy atom. The maximum atomic E-state index is 12.0. The van der Waals surface area contributed by atoms with E-state index in [-0.39, 0.29) is 5.41 Å². The van der Waals surface area contributed by atoms with E-state index in [4.69, 9.17) is 0 Å². The molecule has 0 spiro atoms. The van der Waals surface area contributed by atoms with E-state index < -0.39 is 0 Å². The third-order valence-corrected chi connectivity index (χ3v) is 3.90. The molecule has 0 aromatic carbocycles. The molecular formula is C18H34O. The zero-order chi connectivity index (χ0) is 14.9. The van der Waals surface area contributed by atoms with Gasteiger partial charge in [0.1, 0.15) is 5.78 Å². The lowest BCUT2D eigenvalue weighted by atomic mass is 9.83. The number of carbonyl (C=O) groups excluding carboxylic acids is 1. The predicted molar refractivity (Wildman–Crippen MR) is 85.4 cm³/mol. The van der Waals surface area contributed by atoms with Crippen molar-refractivity contribution in [2.45, 2.75) is 86.0 Å². The normalized spacial score (nSPS) is 11.9. The molecule has 0 N–H and O–H groups in total. The van der Waals surface area contributed by atoms with Gasteiger partial charge in [0.15, 0.2) is 0 Å². The van der Waals surface area contributed by atoms with Crippen LogP contribution in [0, 0.1) is 11.3 Å². The summed E-state index contributed by atoms with van der Waals surface area (Å²) in [4.78, 5) is 12.0. The predicted octanol–water partition coefficient (Wildman–Crippen LogP) is 5.93. The second kappa shape index (κ2) is 9.34. The van der Waals surface area contributed by atoms with E-state index in [0.29, 0.717) is 18.1 Å². The Hall–Kier alpha value is -0.590. The van der Waals surface area contributed by atoms with Crippen LogP contribution in [0.4, 0.5) is 0 Å². The van der Waals surface area contributed by atoms with Crippen molar-refractivity contribution in [3.05, 3.63) is 12.2 Å². The first-order chi connectivity index (χ1) is 8.82. The average Bonchev–Trinajstić information content (AvgIpc) is 2.34. The first-order valence-electron chi connectivity index (χ1n) is 8.03. The van der Waals surface area contributed by atoms with Crippen molar-refractivity contribution >= 4 is 5.78 Å². The minimum absolute atomic E-state index is 0.206. The van der Waals surface area contributed by atoms with Crippen molar-refractivity contribution in [3.8, 4) is 0 Å². The third kappa shape index (κ3) is 8.23. The maximum absolute atomic E-state index is 12.0. The van der Waals surface area contributed by atoms with Crippen molar-refractivity contribution < 1.29 is 4.79 Å². The second-order valence-electron chi connectivity index (χ2n) is 6.81. The smallest absolute Gasteiger partial charge is 0.138 e. The number of Topliss-reactive ketones (excluding diaryl/α,β-unsaturated/α-hetero) is 1. The minimum atomic E-state index is -0.206. The molecule has 0 aromatic rings. The van der Waals surface area contributed by atoms with Crippen LogP contribution in [0.25, 0.3) is 0 Å². The molecule has 0 fully saturated rings. The highest BCUT2D eigenvalue weighted by atomic mass is 16.1. The molecule has 0 amide bonds. The lowest BCUT2D eigenvalue weighted by molar-refractivity contribution is -0.126. The zero-order valence-corrected chi connectivity index (χ0v) is 13.8. The fourth-order valence-corrected chi connectivity index (χ4v) is 2.31. The molecule has 0 radical (unpaired) electrons. The summed E-state index contributed by atoms with van der Waals surface area (Å²) in [7, 11) is 0. The van der Waals surface area contributed by atoms with Crippen LogP contribution >= 0.6 is 0 Å². The molecule has 0 saturated heterocycles. The monoisotopic (exact) mass is 266 g/mol. The summed E-state index contributed by atoms with van der Waals surface area (Å²) >= 11 is 0. The van der Waals surface area contributed by atoms with Gasteiger partial charge in [0.2, 0.25) is 0 Å². The maximum Gasteiger partial charge on any atom is 0.138 e. The van der Waals surface area contributed by atoms with Crippen molar-refractivity contribution in [2.24, 2.45) is 11.3 Å². The van der Waals surface area contributed by atoms with Gasteiger partial charge in [-0.3, -0.25) is 4.79 Å². The number of hydrogen-bond donors (Lipinski definition) is 0. The SMILES string of the molecule is C=C(CCC(=O)C(C)(C)C)C(CCCC)CCCC. The number of carbonyl (C=O) groups is 1. The summed E-state index contributed by atoms with van der Waals surface area (Å²) in [6.07, 6.45) is 9.10. The number of ketones is 1. The Morgan fingerprint density at radius 3 is 1.84 bits per heavy atom. The Balaban J connectivity index is 4.26. The van der Waals surface area contributed by atoms with Gasteiger partial charge in [-0.05, 0) is 25.2 Å². The Morgan fingerprint density at radius 1 is 1.00 bits per heavy atom. The van der Waals surface area contributed by atoms with Gasteiger partial charge in [-0.1, -0.05) is 72.5 Å². The summed E-state index contributed by atoms with van der Waals surface area (Å²) < 4.78 is 0. The quantitative estimate of drug-likeness (QED) is 0.447. The summed E-state index contributed by atoms with van der Waals surface area (Å²) in [6, 6.07) is 0. The van der Waals surface area contributed by atoms with Gasteiger partial charge in [0, 0.05) is 11.8 Å². The van der Waals surface area contributed by atoms with E-state index in [1.807, 2.05) is 20.8 Å². The minimum Gasteiger partial charge on any atom is -0.299 e. The molecule has 0 aliphatic rings. The number of allylic oxidation sites excluding steroid dienone is 1. The highest BCUT2D eigenvalue weighted by Gasteiger charge is 2.21. The van der Waals surface area contributed by atoms with Crippen LogP contribution < -0.4 is 0 Å². The highest BCUT2D eigenvalue weighted by molar-refractivity contribution is 5.83. The molecular weight excluding hydrogens is 232 g/mol. The van der Waals surface area contributed by atoms with E-state index in [0.717, 1.165) is 6.42 Å². The standard InChI is InChI=1S/C18H34O/c1-7-9-11-16(12-10-8-2)15(3)13-14-17(19)18(4,5)6/h16H,3,7-14H2,1-2,4-6H3. The lowest BCUT2D eigenvalue weighted by Gasteiger charge is -2.21. The van der Waals surface area contributed by atoms with Crippen LogP contribution in [-0.2, 0) is 4.79 Å². The van der Waals surface area contributed by atoms with Gasteiger partial charge >= 0.3 is 0 Å². The van der Waals surface area contributed by atoms with Gasteiger partial charge in [-0.15, -0.1) is 0 Å². The first kappa shape index (κ1) is 18.4. The van der Waals surface area contributed by atoms with Crippen LogP contribution in [0.15, 0.2) is 12.2 Å². The molecule has 0 saturated carbocycles. The van der Waals surface area contributed by atoms with Gasteiger partial charge in [0.05, 0.1) is 0 Å². The van der Waals surface area contributed by atoms with E-state index in [2.05, 4.69) is 20.4 Å². The summed E-state index contributed by atoms with van der Waals surface area (Å²) in [5, 5.41) is 0. The average molecular weight is 266 g/mol. The summed E-state index contributed by atoms with van der Waals surface area (Å²) in [5.74, 6) is 0.992. The zero-order valence-electron chi connectivity index (χ0n) is 13.8. The van der Waals surface area contributed by atoms with E-state index >= 15 is 0 Å². The molecule has 112 valence electrons. The highest BCUT2D eigenvalue weighted by Crippen LogP contribution is 2.28. The van der Waals surface area contributed by atoms with Gasteiger partial charge in [-0.2, -0.15) is 0 Å². The summed E-state index contributed by atoms with van der Waals surface area (Å²) in [6.45, 7) is 14.8. The van der Waals surface area contributed by atoms with Crippen LogP contribution in [0.2, 0.25) is 0 Å². The Kier molecular flexibility index (Phi) is 9.05.